The van der Waals surface area contributed by atoms with Gasteiger partial charge in [-0.15, -0.1) is 0 Å². The van der Waals surface area contributed by atoms with Gasteiger partial charge in [-0.1, -0.05) is 0 Å². The fraction of sp³-hybridized carbons (Fsp3) is 0.333. The molecule has 1 aromatic carbocycles. The van der Waals surface area contributed by atoms with Crippen molar-refractivity contribution in [1.29, 1.82) is 0 Å². The van der Waals surface area contributed by atoms with Crippen molar-refractivity contribution in [1.82, 2.24) is 0 Å². The quantitative estimate of drug-likeness (QED) is 0.843. The Bertz CT molecular complexity index is 871. The average molecular weight is 346 g/mol. The molecule has 0 aromatic heterocycles. The van der Waals surface area contributed by atoms with Crippen molar-refractivity contribution < 1.29 is 26.7 Å². The number of rotatable bonds is 4. The van der Waals surface area contributed by atoms with Gasteiger partial charge in [0.05, 0.1) is 34.7 Å². The molecule has 1 aromatic rings. The van der Waals surface area contributed by atoms with E-state index >= 15 is 0 Å². The highest BCUT2D eigenvalue weighted by atomic mass is 32.2. The summed E-state index contributed by atoms with van der Waals surface area (Å²) in [6.07, 6.45) is 0.549. The number of aliphatic imine (C=N–C) groups is 1. The van der Waals surface area contributed by atoms with E-state index in [1.54, 1.807) is 0 Å². The Labute approximate surface area is 128 Å². The number of sulfone groups is 1. The van der Waals surface area contributed by atoms with E-state index in [9.17, 15) is 21.6 Å². The summed E-state index contributed by atoms with van der Waals surface area (Å²) >= 11 is 0. The first-order chi connectivity index (χ1) is 10.0. The second-order valence-corrected chi connectivity index (χ2v) is 8.86. The Kier molecular flexibility index (Phi) is 4.00. The van der Waals surface area contributed by atoms with E-state index in [2.05, 4.69) is 4.99 Å². The number of sulfonamides is 1. The molecule has 1 aliphatic rings. The van der Waals surface area contributed by atoms with Gasteiger partial charge in [-0.3, -0.25) is 14.1 Å². The first kappa shape index (κ1) is 16.4. The number of hydrogen-bond acceptors (Lipinski definition) is 6. The van der Waals surface area contributed by atoms with Gasteiger partial charge in [0.15, 0.2) is 9.84 Å². The lowest BCUT2D eigenvalue weighted by Gasteiger charge is -2.20. The molecule has 120 valence electrons. The SMILES string of the molecule is CN(c1ccc2c(c1)S(=O)(=O)CC(CC(=O)O)=N2)S(C)(=O)=O. The van der Waals surface area contributed by atoms with Crippen LogP contribution in [0.25, 0.3) is 0 Å². The lowest BCUT2D eigenvalue weighted by molar-refractivity contribution is -0.135. The van der Waals surface area contributed by atoms with Crippen molar-refractivity contribution in [3.63, 3.8) is 0 Å². The monoisotopic (exact) mass is 346 g/mol. The zero-order chi connectivity index (χ0) is 16.7. The highest BCUT2D eigenvalue weighted by Gasteiger charge is 2.28. The van der Waals surface area contributed by atoms with Crippen molar-refractivity contribution in [3.8, 4) is 0 Å². The van der Waals surface area contributed by atoms with E-state index in [-0.39, 0.29) is 22.0 Å². The molecular formula is C12H14N2O6S2. The van der Waals surface area contributed by atoms with E-state index < -0.39 is 38.0 Å². The zero-order valence-corrected chi connectivity index (χ0v) is 13.5. The minimum absolute atomic E-state index is 0.0456. The normalized spacial score (nSPS) is 16.5. The van der Waals surface area contributed by atoms with Gasteiger partial charge < -0.3 is 5.11 Å². The number of hydrogen-bond donors (Lipinski definition) is 1. The van der Waals surface area contributed by atoms with Gasteiger partial charge in [0, 0.05) is 12.8 Å². The van der Waals surface area contributed by atoms with Crippen LogP contribution in [0.3, 0.4) is 0 Å². The fourth-order valence-corrected chi connectivity index (χ4v) is 3.99. The fourth-order valence-electron chi connectivity index (χ4n) is 2.00. The third kappa shape index (κ3) is 3.28. The van der Waals surface area contributed by atoms with Crippen molar-refractivity contribution in [2.75, 3.05) is 23.4 Å². The molecule has 22 heavy (non-hydrogen) atoms. The summed E-state index contributed by atoms with van der Waals surface area (Å²) in [4.78, 5) is 14.6. The maximum absolute atomic E-state index is 12.2. The van der Waals surface area contributed by atoms with Crippen LogP contribution in [0.4, 0.5) is 11.4 Å². The molecule has 0 atom stereocenters. The zero-order valence-electron chi connectivity index (χ0n) is 11.8. The second kappa shape index (κ2) is 5.36. The standard InChI is InChI=1S/C12H14N2O6S2/c1-14(21(2,17)18)9-3-4-10-11(6-9)22(19,20)7-8(13-10)5-12(15)16/h3-4,6H,5,7H2,1-2H3,(H,15,16). The van der Waals surface area contributed by atoms with Gasteiger partial charge in [0.1, 0.15) is 0 Å². The molecule has 0 saturated heterocycles. The van der Waals surface area contributed by atoms with Gasteiger partial charge in [-0.25, -0.2) is 16.8 Å². The van der Waals surface area contributed by atoms with Crippen molar-refractivity contribution in [2.45, 2.75) is 11.3 Å². The second-order valence-electron chi connectivity index (χ2n) is 4.89. The predicted octanol–water partition coefficient (Wildman–Crippen LogP) is 0.417. The van der Waals surface area contributed by atoms with Crippen molar-refractivity contribution in [3.05, 3.63) is 18.2 Å². The number of carbonyl (C=O) groups is 1. The molecule has 0 amide bonds. The summed E-state index contributed by atoms with van der Waals surface area (Å²) in [6, 6.07) is 4.01. The van der Waals surface area contributed by atoms with Gasteiger partial charge in [-0.2, -0.15) is 0 Å². The topological polar surface area (TPSA) is 121 Å². The Morgan fingerprint density at radius 2 is 2.05 bits per heavy atom. The molecule has 1 aliphatic heterocycles. The molecule has 0 unspecified atom stereocenters. The Morgan fingerprint density at radius 1 is 1.41 bits per heavy atom. The van der Waals surface area contributed by atoms with Gasteiger partial charge in [0.2, 0.25) is 10.0 Å². The van der Waals surface area contributed by atoms with Gasteiger partial charge >= 0.3 is 5.97 Å². The highest BCUT2D eigenvalue weighted by molar-refractivity contribution is 7.92. The predicted molar refractivity (Wildman–Crippen MR) is 81.1 cm³/mol. The minimum atomic E-state index is -3.75. The van der Waals surface area contributed by atoms with Crippen LogP contribution >= 0.6 is 0 Å². The molecule has 10 heteroatoms. The Morgan fingerprint density at radius 3 is 2.59 bits per heavy atom. The summed E-state index contributed by atoms with van der Waals surface area (Å²) in [5.74, 6) is -1.65. The van der Waals surface area contributed by atoms with Crippen LogP contribution < -0.4 is 4.31 Å². The molecule has 0 saturated carbocycles. The minimum Gasteiger partial charge on any atom is -0.481 e. The third-order valence-electron chi connectivity index (χ3n) is 3.13. The maximum atomic E-state index is 12.2. The summed E-state index contributed by atoms with van der Waals surface area (Å²) in [6.45, 7) is 0. The van der Waals surface area contributed by atoms with Gasteiger partial charge in [0.25, 0.3) is 0 Å². The van der Waals surface area contributed by atoms with Crippen LogP contribution in [0.5, 0.6) is 0 Å². The number of aliphatic carboxylic acids is 1. The smallest absolute Gasteiger partial charge is 0.309 e. The Balaban J connectivity index is 2.55. The molecular weight excluding hydrogens is 332 g/mol. The Hall–Kier alpha value is -1.94. The van der Waals surface area contributed by atoms with Crippen molar-refractivity contribution >= 4 is 42.9 Å². The van der Waals surface area contributed by atoms with Crippen LogP contribution in [0, 0.1) is 0 Å². The molecule has 1 heterocycles. The summed E-state index contributed by atoms with van der Waals surface area (Å²) in [5, 5.41) is 8.74. The largest absolute Gasteiger partial charge is 0.481 e. The maximum Gasteiger partial charge on any atom is 0.309 e. The molecule has 0 fully saturated rings. The number of benzene rings is 1. The van der Waals surface area contributed by atoms with E-state index in [1.165, 1.54) is 25.2 Å². The first-order valence-corrected chi connectivity index (χ1v) is 9.60. The van der Waals surface area contributed by atoms with E-state index in [0.717, 1.165) is 10.6 Å². The van der Waals surface area contributed by atoms with Crippen LogP contribution in [0.15, 0.2) is 28.1 Å². The van der Waals surface area contributed by atoms with Crippen LogP contribution in [-0.4, -0.2) is 52.7 Å². The molecule has 1 N–H and O–H groups in total. The summed E-state index contributed by atoms with van der Waals surface area (Å²) in [7, 11) is -5.96. The van der Waals surface area contributed by atoms with E-state index in [4.69, 9.17) is 5.11 Å². The van der Waals surface area contributed by atoms with Crippen LogP contribution in [0.1, 0.15) is 6.42 Å². The average Bonchev–Trinajstić information content (AvgIpc) is 2.35. The molecule has 0 aliphatic carbocycles. The lowest BCUT2D eigenvalue weighted by Crippen LogP contribution is -2.26. The molecule has 0 radical (unpaired) electrons. The van der Waals surface area contributed by atoms with Crippen LogP contribution in [-0.2, 0) is 24.7 Å². The number of carboxylic acid groups (broad SMARTS) is 1. The van der Waals surface area contributed by atoms with Crippen LogP contribution in [0.2, 0.25) is 0 Å². The van der Waals surface area contributed by atoms with Crippen molar-refractivity contribution in [2.24, 2.45) is 4.99 Å². The van der Waals surface area contributed by atoms with E-state index in [0.29, 0.717) is 0 Å². The summed E-state index contributed by atoms with van der Waals surface area (Å²) < 4.78 is 48.5. The van der Waals surface area contributed by atoms with E-state index in [1.807, 2.05) is 0 Å². The highest BCUT2D eigenvalue weighted by Crippen LogP contribution is 2.33. The number of carboxylic acids is 1. The first-order valence-electron chi connectivity index (χ1n) is 6.09. The molecule has 2 rings (SSSR count). The number of nitrogens with zero attached hydrogens (tertiary/aromatic N) is 2. The van der Waals surface area contributed by atoms with Gasteiger partial charge in [-0.05, 0) is 18.2 Å². The molecule has 8 nitrogen and oxygen atoms in total. The lowest BCUT2D eigenvalue weighted by atomic mass is 10.2. The number of fused-ring (bicyclic) bond motifs is 1. The number of anilines is 1. The third-order valence-corrected chi connectivity index (χ3v) is 6.05. The molecule has 0 spiro atoms. The molecule has 0 bridgehead atoms. The summed E-state index contributed by atoms with van der Waals surface area (Å²) in [5.41, 5.74) is 0.360.